The van der Waals surface area contributed by atoms with Crippen LogP contribution in [-0.2, 0) is 4.74 Å². The van der Waals surface area contributed by atoms with E-state index in [1.807, 2.05) is 6.07 Å². The number of ether oxygens (including phenoxy) is 1. The number of benzene rings is 1. The lowest BCUT2D eigenvalue weighted by atomic mass is 9.96. The zero-order valence-corrected chi connectivity index (χ0v) is 9.16. The first kappa shape index (κ1) is 11.5. The van der Waals surface area contributed by atoms with Crippen LogP contribution in [0.2, 0.25) is 0 Å². The van der Waals surface area contributed by atoms with Crippen molar-refractivity contribution in [2.45, 2.75) is 31.4 Å². The SMILES string of the molecule is NNC(c1ccccc1F)C1CCCCO1. The molecular weight excluding hydrogens is 207 g/mol. The van der Waals surface area contributed by atoms with E-state index in [0.717, 1.165) is 25.9 Å². The first-order valence-corrected chi connectivity index (χ1v) is 5.65. The maximum atomic E-state index is 13.6. The van der Waals surface area contributed by atoms with E-state index in [9.17, 15) is 4.39 Å². The van der Waals surface area contributed by atoms with E-state index in [4.69, 9.17) is 10.6 Å². The van der Waals surface area contributed by atoms with E-state index in [1.165, 1.54) is 6.07 Å². The summed E-state index contributed by atoms with van der Waals surface area (Å²) in [5.74, 6) is 5.27. The number of hydrogen-bond donors (Lipinski definition) is 2. The van der Waals surface area contributed by atoms with Gasteiger partial charge < -0.3 is 4.74 Å². The fourth-order valence-corrected chi connectivity index (χ4v) is 2.15. The van der Waals surface area contributed by atoms with Crippen LogP contribution in [0.15, 0.2) is 24.3 Å². The van der Waals surface area contributed by atoms with Gasteiger partial charge in [-0.3, -0.25) is 11.3 Å². The molecule has 2 rings (SSSR count). The van der Waals surface area contributed by atoms with E-state index in [-0.39, 0.29) is 18.0 Å². The molecule has 0 radical (unpaired) electrons. The zero-order valence-electron chi connectivity index (χ0n) is 9.16. The topological polar surface area (TPSA) is 47.3 Å². The maximum absolute atomic E-state index is 13.6. The summed E-state index contributed by atoms with van der Waals surface area (Å²) in [5.41, 5.74) is 3.24. The predicted octanol–water partition coefficient (Wildman–Crippen LogP) is 1.90. The van der Waals surface area contributed by atoms with Crippen molar-refractivity contribution < 1.29 is 9.13 Å². The first-order chi connectivity index (χ1) is 7.83. The molecule has 1 aromatic carbocycles. The maximum Gasteiger partial charge on any atom is 0.128 e. The number of rotatable bonds is 3. The Morgan fingerprint density at radius 3 is 2.81 bits per heavy atom. The molecule has 0 aliphatic carbocycles. The molecule has 1 aromatic rings. The average molecular weight is 224 g/mol. The van der Waals surface area contributed by atoms with Gasteiger partial charge in [0.05, 0.1) is 12.1 Å². The van der Waals surface area contributed by atoms with Crippen molar-refractivity contribution in [3.63, 3.8) is 0 Å². The van der Waals surface area contributed by atoms with E-state index < -0.39 is 0 Å². The summed E-state index contributed by atoms with van der Waals surface area (Å²) in [4.78, 5) is 0. The van der Waals surface area contributed by atoms with Crippen molar-refractivity contribution in [3.05, 3.63) is 35.6 Å². The minimum Gasteiger partial charge on any atom is -0.376 e. The third-order valence-electron chi connectivity index (χ3n) is 3.01. The lowest BCUT2D eigenvalue weighted by molar-refractivity contribution is -0.00892. The Morgan fingerprint density at radius 2 is 2.19 bits per heavy atom. The van der Waals surface area contributed by atoms with Crippen molar-refractivity contribution >= 4 is 0 Å². The van der Waals surface area contributed by atoms with Crippen LogP contribution in [-0.4, -0.2) is 12.7 Å². The van der Waals surface area contributed by atoms with Crippen molar-refractivity contribution in [2.24, 2.45) is 5.84 Å². The van der Waals surface area contributed by atoms with Crippen molar-refractivity contribution in [2.75, 3.05) is 6.61 Å². The van der Waals surface area contributed by atoms with Gasteiger partial charge in [-0.1, -0.05) is 18.2 Å². The predicted molar refractivity (Wildman–Crippen MR) is 60.1 cm³/mol. The van der Waals surface area contributed by atoms with Crippen LogP contribution in [0.25, 0.3) is 0 Å². The zero-order chi connectivity index (χ0) is 11.4. The van der Waals surface area contributed by atoms with Gasteiger partial charge in [-0.25, -0.2) is 4.39 Å². The van der Waals surface area contributed by atoms with Crippen LogP contribution in [0.4, 0.5) is 4.39 Å². The average Bonchev–Trinajstić information content (AvgIpc) is 2.34. The van der Waals surface area contributed by atoms with Gasteiger partial charge in [0.15, 0.2) is 0 Å². The molecule has 3 N–H and O–H groups in total. The second-order valence-electron chi connectivity index (χ2n) is 4.07. The highest BCUT2D eigenvalue weighted by molar-refractivity contribution is 5.22. The van der Waals surface area contributed by atoms with E-state index >= 15 is 0 Å². The molecule has 0 amide bonds. The molecule has 0 aromatic heterocycles. The Hall–Kier alpha value is -0.970. The molecular formula is C12H17FN2O. The molecule has 2 unspecified atom stereocenters. The van der Waals surface area contributed by atoms with E-state index in [2.05, 4.69) is 5.43 Å². The van der Waals surface area contributed by atoms with Gasteiger partial charge in [0.1, 0.15) is 5.82 Å². The molecule has 0 saturated carbocycles. The van der Waals surface area contributed by atoms with Crippen LogP contribution in [0.3, 0.4) is 0 Å². The summed E-state index contributed by atoms with van der Waals surface area (Å²) in [6.45, 7) is 0.733. The molecule has 1 aliphatic heterocycles. The number of nitrogens with one attached hydrogen (secondary N) is 1. The summed E-state index contributed by atoms with van der Waals surface area (Å²) in [5, 5.41) is 0. The monoisotopic (exact) mass is 224 g/mol. The summed E-state index contributed by atoms with van der Waals surface area (Å²) < 4.78 is 19.3. The van der Waals surface area contributed by atoms with E-state index in [0.29, 0.717) is 5.56 Å². The molecule has 1 aliphatic rings. The van der Waals surface area contributed by atoms with Crippen molar-refractivity contribution in [1.82, 2.24) is 5.43 Å². The fourth-order valence-electron chi connectivity index (χ4n) is 2.15. The number of nitrogens with two attached hydrogens (primary N) is 1. The Balaban J connectivity index is 2.18. The molecule has 0 bridgehead atoms. The summed E-state index contributed by atoms with van der Waals surface area (Å²) in [6, 6.07) is 6.42. The second-order valence-corrected chi connectivity index (χ2v) is 4.07. The molecule has 0 spiro atoms. The van der Waals surface area contributed by atoms with Crippen molar-refractivity contribution in [1.29, 1.82) is 0 Å². The molecule has 2 atom stereocenters. The molecule has 1 fully saturated rings. The number of halogens is 1. The third-order valence-corrected chi connectivity index (χ3v) is 3.01. The molecule has 1 saturated heterocycles. The lowest BCUT2D eigenvalue weighted by Crippen LogP contribution is -2.40. The smallest absolute Gasteiger partial charge is 0.128 e. The number of hydrogen-bond acceptors (Lipinski definition) is 3. The summed E-state index contributed by atoms with van der Waals surface area (Å²) in [6.07, 6.45) is 3.07. The first-order valence-electron chi connectivity index (χ1n) is 5.65. The molecule has 3 nitrogen and oxygen atoms in total. The standard InChI is InChI=1S/C12H17FN2O/c13-10-6-2-1-5-9(10)12(15-14)11-7-3-4-8-16-11/h1-2,5-6,11-12,15H,3-4,7-8,14H2. The van der Waals surface area contributed by atoms with Crippen LogP contribution in [0, 0.1) is 5.82 Å². The minimum absolute atomic E-state index is 0.0318. The van der Waals surface area contributed by atoms with Gasteiger partial charge >= 0.3 is 0 Å². The normalized spacial score (nSPS) is 23.0. The van der Waals surface area contributed by atoms with Gasteiger partial charge in [0.25, 0.3) is 0 Å². The molecule has 1 heterocycles. The highest BCUT2D eigenvalue weighted by Gasteiger charge is 2.26. The highest BCUT2D eigenvalue weighted by Crippen LogP contribution is 2.27. The van der Waals surface area contributed by atoms with E-state index in [1.54, 1.807) is 12.1 Å². The third kappa shape index (κ3) is 2.40. The van der Waals surface area contributed by atoms with Crippen LogP contribution in [0.1, 0.15) is 30.9 Å². The Kier molecular flexibility index (Phi) is 3.88. The Labute approximate surface area is 94.8 Å². The van der Waals surface area contributed by atoms with Gasteiger partial charge in [0, 0.05) is 12.2 Å². The summed E-state index contributed by atoms with van der Waals surface area (Å²) in [7, 11) is 0. The van der Waals surface area contributed by atoms with Gasteiger partial charge in [-0.05, 0) is 25.3 Å². The minimum atomic E-state index is -0.263. The van der Waals surface area contributed by atoms with Gasteiger partial charge in [-0.15, -0.1) is 0 Å². The Morgan fingerprint density at radius 1 is 1.38 bits per heavy atom. The quantitative estimate of drug-likeness (QED) is 0.609. The molecule has 88 valence electrons. The van der Waals surface area contributed by atoms with Gasteiger partial charge in [0.2, 0.25) is 0 Å². The van der Waals surface area contributed by atoms with Crippen LogP contribution in [0.5, 0.6) is 0 Å². The number of hydrazine groups is 1. The Bertz CT molecular complexity index is 340. The van der Waals surface area contributed by atoms with Crippen LogP contribution < -0.4 is 11.3 Å². The lowest BCUT2D eigenvalue weighted by Gasteiger charge is -2.30. The summed E-state index contributed by atoms with van der Waals surface area (Å²) >= 11 is 0. The highest BCUT2D eigenvalue weighted by atomic mass is 19.1. The van der Waals surface area contributed by atoms with Crippen molar-refractivity contribution in [3.8, 4) is 0 Å². The van der Waals surface area contributed by atoms with Crippen LogP contribution >= 0.6 is 0 Å². The second kappa shape index (κ2) is 5.39. The molecule has 16 heavy (non-hydrogen) atoms. The molecule has 4 heteroatoms. The fraction of sp³-hybridized carbons (Fsp3) is 0.500. The largest absolute Gasteiger partial charge is 0.376 e. The van der Waals surface area contributed by atoms with Gasteiger partial charge in [-0.2, -0.15) is 0 Å².